The Morgan fingerprint density at radius 3 is 1.88 bits per heavy atom. The van der Waals surface area contributed by atoms with E-state index in [9.17, 15) is 0 Å². The molecular formula is C4H7I2OY-. The molecule has 0 N–H and O–H groups in total. The molecule has 0 fully saturated rings. The predicted octanol–water partition coefficient (Wildman–Crippen LogP) is 2.74. The second kappa shape index (κ2) is 23.0. The Bertz CT molecular complexity index is 41.0. The predicted molar refractivity (Wildman–Crippen MR) is 48.5 cm³/mol. The molecule has 0 aliphatic carbocycles. The Balaban J connectivity index is -0.0000000750. The van der Waals surface area contributed by atoms with E-state index in [-0.39, 0.29) is 32.7 Å². The van der Waals surface area contributed by atoms with Gasteiger partial charge in [0.1, 0.15) is 0 Å². The van der Waals surface area contributed by atoms with Crippen molar-refractivity contribution in [3.63, 3.8) is 0 Å². The van der Waals surface area contributed by atoms with Crippen LogP contribution in [-0.2, 0) is 37.4 Å². The Morgan fingerprint density at radius 2 is 1.88 bits per heavy atom. The van der Waals surface area contributed by atoms with Crippen LogP contribution in [0.2, 0.25) is 0 Å². The van der Waals surface area contributed by atoms with Gasteiger partial charge < -0.3 is 10.8 Å². The molecule has 4 heteroatoms. The molecule has 0 aliphatic rings. The molecule has 0 aromatic heterocycles. The maximum Gasteiger partial charge on any atom is 0.0723 e. The van der Waals surface area contributed by atoms with Gasteiger partial charge >= 0.3 is 0 Å². The SMILES string of the molecule is C[C-]=COC.II.[Y]. The van der Waals surface area contributed by atoms with Gasteiger partial charge in [-0.25, -0.2) is 0 Å². The number of ether oxygens (including phenoxy) is 1. The van der Waals surface area contributed by atoms with Crippen molar-refractivity contribution >= 4 is 37.2 Å². The molecule has 0 bridgehead atoms. The van der Waals surface area contributed by atoms with Crippen molar-refractivity contribution in [2.45, 2.75) is 6.92 Å². The number of hydrogen-bond donors (Lipinski definition) is 0. The van der Waals surface area contributed by atoms with Crippen LogP contribution in [0.1, 0.15) is 6.92 Å². The van der Waals surface area contributed by atoms with E-state index in [4.69, 9.17) is 0 Å². The van der Waals surface area contributed by atoms with E-state index >= 15 is 0 Å². The third kappa shape index (κ3) is 24.3. The molecule has 47 valence electrons. The van der Waals surface area contributed by atoms with Crippen LogP contribution in [0, 0.1) is 6.08 Å². The molecule has 0 saturated heterocycles. The van der Waals surface area contributed by atoms with Gasteiger partial charge in [-0.2, -0.15) is 6.92 Å². The van der Waals surface area contributed by atoms with Gasteiger partial charge in [-0.3, -0.25) is 0 Å². The second-order valence-corrected chi connectivity index (χ2v) is 0.642. The topological polar surface area (TPSA) is 9.23 Å². The summed E-state index contributed by atoms with van der Waals surface area (Å²) in [4.78, 5) is 0. The fourth-order valence-electron chi connectivity index (χ4n) is 0.118. The van der Waals surface area contributed by atoms with Crippen molar-refractivity contribution in [1.29, 1.82) is 0 Å². The van der Waals surface area contributed by atoms with Crippen LogP contribution in [-0.4, -0.2) is 7.11 Å². The molecule has 0 amide bonds. The van der Waals surface area contributed by atoms with Crippen LogP contribution in [0.5, 0.6) is 0 Å². The van der Waals surface area contributed by atoms with Gasteiger partial charge in [0, 0.05) is 69.9 Å². The standard InChI is InChI=1S/C4H7O.I2.Y/c1-3-4-5-2;1-2;/h4H,1-2H3;;/q-1;;. The molecule has 0 heterocycles. The first-order chi connectivity index (χ1) is 3.41. The number of rotatable bonds is 1. The molecule has 8 heavy (non-hydrogen) atoms. The first-order valence-corrected chi connectivity index (χ1v) is 7.86. The van der Waals surface area contributed by atoms with Crippen molar-refractivity contribution in [1.82, 2.24) is 0 Å². The van der Waals surface area contributed by atoms with E-state index in [1.807, 2.05) is 0 Å². The minimum absolute atomic E-state index is 0. The monoisotopic (exact) mass is 414 g/mol. The van der Waals surface area contributed by atoms with Crippen LogP contribution in [0.15, 0.2) is 6.26 Å². The van der Waals surface area contributed by atoms with Gasteiger partial charge in [-0.05, 0) is 0 Å². The Labute approximate surface area is 99.2 Å². The second-order valence-electron chi connectivity index (χ2n) is 0.642. The number of hydrogen-bond acceptors (Lipinski definition) is 1. The van der Waals surface area contributed by atoms with E-state index in [1.54, 1.807) is 14.0 Å². The summed E-state index contributed by atoms with van der Waals surface area (Å²) in [6.07, 6.45) is 4.17. The first-order valence-electron chi connectivity index (χ1n) is 1.58. The van der Waals surface area contributed by atoms with E-state index in [0.29, 0.717) is 0 Å². The van der Waals surface area contributed by atoms with Crippen molar-refractivity contribution < 1.29 is 37.4 Å². The summed E-state index contributed by atoms with van der Waals surface area (Å²) in [5.74, 6) is 0. The van der Waals surface area contributed by atoms with Crippen LogP contribution in [0.3, 0.4) is 0 Å². The van der Waals surface area contributed by atoms with Crippen molar-refractivity contribution in [2.75, 3.05) is 7.11 Å². The van der Waals surface area contributed by atoms with Crippen molar-refractivity contribution in [3.05, 3.63) is 12.3 Å². The summed E-state index contributed by atoms with van der Waals surface area (Å²) in [6.45, 7) is 1.78. The van der Waals surface area contributed by atoms with Crippen LogP contribution < -0.4 is 0 Å². The molecule has 1 radical (unpaired) electrons. The van der Waals surface area contributed by atoms with Gasteiger partial charge in [-0.15, -0.1) is 0 Å². The van der Waals surface area contributed by atoms with Gasteiger partial charge in [0.15, 0.2) is 0 Å². The first kappa shape index (κ1) is 16.6. The molecule has 0 atom stereocenters. The molecule has 0 aromatic rings. The summed E-state index contributed by atoms with van der Waals surface area (Å²) in [6, 6.07) is 0. The Morgan fingerprint density at radius 1 is 1.50 bits per heavy atom. The quantitative estimate of drug-likeness (QED) is 0.365. The molecular weight excluding hydrogens is 407 g/mol. The third-order valence-electron chi connectivity index (χ3n) is 0.236. The molecule has 0 rings (SSSR count). The van der Waals surface area contributed by atoms with E-state index in [0.717, 1.165) is 0 Å². The average Bonchev–Trinajstić information content (AvgIpc) is 1.75. The maximum absolute atomic E-state index is 4.45. The average molecular weight is 414 g/mol. The smallest absolute Gasteiger partial charge is 0.0723 e. The molecule has 0 aliphatic heterocycles. The van der Waals surface area contributed by atoms with Crippen molar-refractivity contribution in [3.8, 4) is 0 Å². The van der Waals surface area contributed by atoms with Gasteiger partial charge in [0.25, 0.3) is 0 Å². The van der Waals surface area contributed by atoms with Crippen molar-refractivity contribution in [2.24, 2.45) is 0 Å². The summed E-state index contributed by atoms with van der Waals surface area (Å²) < 4.78 is 4.45. The minimum Gasteiger partial charge on any atom is -0.541 e. The fourth-order valence-corrected chi connectivity index (χ4v) is 0.118. The molecule has 1 nitrogen and oxygen atoms in total. The van der Waals surface area contributed by atoms with E-state index in [2.05, 4.69) is 48.0 Å². The Hall–Kier alpha value is 2.10. The van der Waals surface area contributed by atoms with Crippen LogP contribution >= 0.6 is 37.2 Å². The summed E-state index contributed by atoms with van der Waals surface area (Å²) in [5.41, 5.74) is 0. The largest absolute Gasteiger partial charge is 0.541 e. The third-order valence-corrected chi connectivity index (χ3v) is 0.236. The maximum atomic E-state index is 4.45. The zero-order valence-electron chi connectivity index (χ0n) is 4.82. The molecule has 0 saturated carbocycles. The summed E-state index contributed by atoms with van der Waals surface area (Å²) in [5, 5.41) is 0. The molecule has 0 aromatic carbocycles. The zero-order chi connectivity index (χ0) is 6.12. The Kier molecular flexibility index (Phi) is 47.6. The summed E-state index contributed by atoms with van der Waals surface area (Å²) >= 11 is 4.24. The fraction of sp³-hybridized carbons (Fsp3) is 0.500. The van der Waals surface area contributed by atoms with E-state index < -0.39 is 0 Å². The number of halogens is 2. The molecule has 0 spiro atoms. The van der Waals surface area contributed by atoms with Gasteiger partial charge in [0.05, 0.1) is 7.11 Å². The van der Waals surface area contributed by atoms with Crippen LogP contribution in [0.25, 0.3) is 0 Å². The summed E-state index contributed by atoms with van der Waals surface area (Å²) in [7, 11) is 1.59. The van der Waals surface area contributed by atoms with E-state index in [1.165, 1.54) is 6.26 Å². The minimum atomic E-state index is 0. The van der Waals surface area contributed by atoms with Gasteiger partial charge in [-0.1, -0.05) is 6.26 Å². The number of allylic oxidation sites excluding steroid dienone is 1. The normalized spacial score (nSPS) is 6.50. The number of methoxy groups -OCH3 is 1. The van der Waals surface area contributed by atoms with Crippen LogP contribution in [0.4, 0.5) is 0 Å². The molecule has 0 unspecified atom stereocenters. The zero-order valence-corrected chi connectivity index (χ0v) is 12.0. The van der Waals surface area contributed by atoms with Gasteiger partial charge in [0.2, 0.25) is 0 Å².